The molecule has 0 saturated heterocycles. The minimum Gasteiger partial charge on any atom is -0.478 e. The average Bonchev–Trinajstić information content (AvgIpc) is 2.02. The molecule has 1 aromatic rings. The zero-order valence-electron chi connectivity index (χ0n) is 6.25. The third-order valence-electron chi connectivity index (χ3n) is 1.44. The number of benzene rings is 1. The van der Waals surface area contributed by atoms with Gasteiger partial charge in [0, 0.05) is 5.02 Å². The molecule has 0 radical (unpaired) electrons. The van der Waals surface area contributed by atoms with Crippen LogP contribution >= 0.6 is 11.6 Å². The highest BCUT2D eigenvalue weighted by molar-refractivity contribution is 6.31. The lowest BCUT2D eigenvalue weighted by molar-refractivity contribution is 0.0693. The molecule has 0 bridgehead atoms. The van der Waals surface area contributed by atoms with Crippen LogP contribution < -0.4 is 0 Å². The number of hydrogen-bond acceptors (Lipinski definition) is 2. The van der Waals surface area contributed by atoms with Gasteiger partial charge in [0.15, 0.2) is 6.29 Å². The Morgan fingerprint density at radius 1 is 1.54 bits per heavy atom. The Morgan fingerprint density at radius 2 is 2.15 bits per heavy atom. The van der Waals surface area contributed by atoms with E-state index in [1.54, 1.807) is 0 Å². The molecule has 13 heavy (non-hydrogen) atoms. The SMILES string of the molecule is O=Cc1c(F)cc(Cl)cc1C(=O)O. The van der Waals surface area contributed by atoms with Gasteiger partial charge in [-0.2, -0.15) is 0 Å². The van der Waals surface area contributed by atoms with E-state index >= 15 is 0 Å². The van der Waals surface area contributed by atoms with Crippen molar-refractivity contribution in [3.63, 3.8) is 0 Å². The molecule has 0 spiro atoms. The highest BCUT2D eigenvalue weighted by Crippen LogP contribution is 2.18. The van der Waals surface area contributed by atoms with Crippen molar-refractivity contribution >= 4 is 23.9 Å². The summed E-state index contributed by atoms with van der Waals surface area (Å²) in [4.78, 5) is 20.8. The normalized spacial score (nSPS) is 9.69. The van der Waals surface area contributed by atoms with E-state index in [1.165, 1.54) is 0 Å². The first-order chi connectivity index (χ1) is 6.06. The van der Waals surface area contributed by atoms with Gasteiger partial charge < -0.3 is 5.11 Å². The van der Waals surface area contributed by atoms with Gasteiger partial charge in [-0.25, -0.2) is 9.18 Å². The molecular formula is C8H4ClFO3. The Bertz CT molecular complexity index is 376. The van der Waals surface area contributed by atoms with E-state index in [9.17, 15) is 14.0 Å². The van der Waals surface area contributed by atoms with Gasteiger partial charge in [0.1, 0.15) is 5.82 Å². The van der Waals surface area contributed by atoms with Crippen LogP contribution in [0.2, 0.25) is 5.02 Å². The molecule has 0 aliphatic carbocycles. The van der Waals surface area contributed by atoms with Crippen LogP contribution in [0.25, 0.3) is 0 Å². The van der Waals surface area contributed by atoms with Gasteiger partial charge in [-0.15, -0.1) is 0 Å². The second kappa shape index (κ2) is 3.53. The molecule has 3 nitrogen and oxygen atoms in total. The van der Waals surface area contributed by atoms with E-state index in [1.807, 2.05) is 0 Å². The van der Waals surface area contributed by atoms with Crippen molar-refractivity contribution in [1.82, 2.24) is 0 Å². The molecule has 0 aromatic heterocycles. The zero-order chi connectivity index (χ0) is 10.0. The van der Waals surface area contributed by atoms with Crippen LogP contribution in [0.4, 0.5) is 4.39 Å². The van der Waals surface area contributed by atoms with Crippen LogP contribution in [0, 0.1) is 5.82 Å². The summed E-state index contributed by atoms with van der Waals surface area (Å²) in [7, 11) is 0. The summed E-state index contributed by atoms with van der Waals surface area (Å²) in [5.41, 5.74) is -0.920. The maximum Gasteiger partial charge on any atom is 0.336 e. The summed E-state index contributed by atoms with van der Waals surface area (Å²) in [6.07, 6.45) is 0.148. The molecule has 68 valence electrons. The van der Waals surface area contributed by atoms with Crippen molar-refractivity contribution in [3.8, 4) is 0 Å². The van der Waals surface area contributed by atoms with Crippen molar-refractivity contribution in [2.45, 2.75) is 0 Å². The minimum absolute atomic E-state index is 0.0551. The third kappa shape index (κ3) is 1.84. The quantitative estimate of drug-likeness (QED) is 0.747. The number of aldehydes is 1. The maximum atomic E-state index is 12.9. The molecule has 1 aromatic carbocycles. The third-order valence-corrected chi connectivity index (χ3v) is 1.66. The van der Waals surface area contributed by atoms with E-state index < -0.39 is 22.9 Å². The van der Waals surface area contributed by atoms with E-state index in [4.69, 9.17) is 16.7 Å². The number of carboxylic acid groups (broad SMARTS) is 1. The highest BCUT2D eigenvalue weighted by atomic mass is 35.5. The number of carbonyl (C=O) groups excluding carboxylic acids is 1. The largest absolute Gasteiger partial charge is 0.478 e. The Hall–Kier alpha value is -1.42. The van der Waals surface area contributed by atoms with Gasteiger partial charge in [0.05, 0.1) is 11.1 Å². The molecule has 0 fully saturated rings. The lowest BCUT2D eigenvalue weighted by atomic mass is 10.1. The van der Waals surface area contributed by atoms with Crippen LogP contribution in [0.3, 0.4) is 0 Å². The van der Waals surface area contributed by atoms with Crippen molar-refractivity contribution in [3.05, 3.63) is 34.1 Å². The van der Waals surface area contributed by atoms with Crippen LogP contribution in [-0.4, -0.2) is 17.4 Å². The predicted molar refractivity (Wildman–Crippen MR) is 43.8 cm³/mol. The van der Waals surface area contributed by atoms with Gasteiger partial charge in [-0.05, 0) is 12.1 Å². The van der Waals surface area contributed by atoms with E-state index in [2.05, 4.69) is 0 Å². The first-order valence-electron chi connectivity index (χ1n) is 3.23. The average molecular weight is 203 g/mol. The number of carbonyl (C=O) groups is 2. The van der Waals surface area contributed by atoms with Gasteiger partial charge >= 0.3 is 5.97 Å². The smallest absolute Gasteiger partial charge is 0.336 e. The van der Waals surface area contributed by atoms with E-state index in [-0.39, 0.29) is 11.3 Å². The summed E-state index contributed by atoms with van der Waals surface area (Å²) in [6, 6.07) is 1.91. The van der Waals surface area contributed by atoms with Gasteiger partial charge in [-0.1, -0.05) is 11.6 Å². The second-order valence-electron chi connectivity index (χ2n) is 2.27. The van der Waals surface area contributed by atoms with Crippen LogP contribution in [0.5, 0.6) is 0 Å². The second-order valence-corrected chi connectivity index (χ2v) is 2.71. The molecule has 1 N–H and O–H groups in total. The van der Waals surface area contributed by atoms with Gasteiger partial charge in [0.25, 0.3) is 0 Å². The lowest BCUT2D eigenvalue weighted by Gasteiger charge is -2.00. The molecule has 0 aliphatic rings. The van der Waals surface area contributed by atoms with Crippen LogP contribution in [0.15, 0.2) is 12.1 Å². The number of halogens is 2. The lowest BCUT2D eigenvalue weighted by Crippen LogP contribution is -2.04. The molecule has 0 amide bonds. The topological polar surface area (TPSA) is 54.4 Å². The summed E-state index contributed by atoms with van der Waals surface area (Å²) in [6.45, 7) is 0. The highest BCUT2D eigenvalue weighted by Gasteiger charge is 2.14. The molecule has 0 saturated carbocycles. The maximum absolute atomic E-state index is 12.9. The Morgan fingerprint density at radius 3 is 2.62 bits per heavy atom. The molecule has 5 heteroatoms. The first kappa shape index (κ1) is 9.67. The predicted octanol–water partition coefficient (Wildman–Crippen LogP) is 1.99. The molecular weight excluding hydrogens is 199 g/mol. The Kier molecular flexibility index (Phi) is 2.63. The summed E-state index contributed by atoms with van der Waals surface area (Å²) in [5, 5.41) is 8.51. The summed E-state index contributed by atoms with van der Waals surface area (Å²) in [5.74, 6) is -2.32. The Labute approximate surface area is 77.7 Å². The minimum atomic E-state index is -1.39. The fourth-order valence-electron chi connectivity index (χ4n) is 0.881. The van der Waals surface area contributed by atoms with E-state index in [0.29, 0.717) is 0 Å². The Balaban J connectivity index is 3.46. The number of rotatable bonds is 2. The fourth-order valence-corrected chi connectivity index (χ4v) is 1.09. The molecule has 0 heterocycles. The van der Waals surface area contributed by atoms with Crippen LogP contribution in [-0.2, 0) is 0 Å². The first-order valence-corrected chi connectivity index (χ1v) is 3.61. The standard InChI is InChI=1S/C8H4ClFO3/c9-4-1-5(8(12)13)6(3-11)7(10)2-4/h1-3H,(H,12,13). The molecule has 0 atom stereocenters. The summed E-state index contributed by atoms with van der Waals surface area (Å²) >= 11 is 5.40. The van der Waals surface area contributed by atoms with Crippen molar-refractivity contribution in [1.29, 1.82) is 0 Å². The molecule has 0 aliphatic heterocycles. The molecule has 0 unspecified atom stereocenters. The molecule has 1 rings (SSSR count). The van der Waals surface area contributed by atoms with Crippen LogP contribution in [0.1, 0.15) is 20.7 Å². The van der Waals surface area contributed by atoms with E-state index in [0.717, 1.165) is 12.1 Å². The monoisotopic (exact) mass is 202 g/mol. The number of aromatic carboxylic acids is 1. The van der Waals surface area contributed by atoms with Gasteiger partial charge in [0.2, 0.25) is 0 Å². The fraction of sp³-hybridized carbons (Fsp3) is 0. The van der Waals surface area contributed by atoms with Crippen molar-refractivity contribution in [2.75, 3.05) is 0 Å². The number of carboxylic acids is 1. The number of hydrogen-bond donors (Lipinski definition) is 1. The van der Waals surface area contributed by atoms with Gasteiger partial charge in [-0.3, -0.25) is 4.79 Å². The zero-order valence-corrected chi connectivity index (χ0v) is 7.01. The van der Waals surface area contributed by atoms with Crippen molar-refractivity contribution < 1.29 is 19.1 Å². The summed E-state index contributed by atoms with van der Waals surface area (Å²) < 4.78 is 12.9. The van der Waals surface area contributed by atoms with Crippen molar-refractivity contribution in [2.24, 2.45) is 0 Å².